The third-order valence-electron chi connectivity index (χ3n) is 3.83. The van der Waals surface area contributed by atoms with Crippen molar-refractivity contribution in [3.8, 4) is 17.1 Å². The summed E-state index contributed by atoms with van der Waals surface area (Å²) in [5.41, 5.74) is 2.63. The van der Waals surface area contributed by atoms with Gasteiger partial charge in [-0.15, -0.1) is 0 Å². The molecule has 25 heavy (non-hydrogen) atoms. The number of ether oxygens (including phenoxy) is 1. The van der Waals surface area contributed by atoms with Gasteiger partial charge >= 0.3 is 0 Å². The van der Waals surface area contributed by atoms with Crippen molar-refractivity contribution in [2.45, 2.75) is 13.5 Å². The minimum absolute atomic E-state index is 0.0744. The summed E-state index contributed by atoms with van der Waals surface area (Å²) in [6, 6.07) is 15.1. The van der Waals surface area contributed by atoms with Crippen LogP contribution in [0.3, 0.4) is 0 Å². The number of rotatable bonds is 5. The third kappa shape index (κ3) is 3.77. The first-order valence-electron chi connectivity index (χ1n) is 7.73. The zero-order valence-electron chi connectivity index (χ0n) is 13.9. The van der Waals surface area contributed by atoms with E-state index in [1.165, 1.54) is 0 Å². The lowest BCUT2D eigenvalue weighted by atomic mass is 10.2. The molecule has 1 heterocycles. The van der Waals surface area contributed by atoms with Gasteiger partial charge in [-0.3, -0.25) is 14.5 Å². The van der Waals surface area contributed by atoms with E-state index in [1.54, 1.807) is 11.7 Å². The van der Waals surface area contributed by atoms with Gasteiger partial charge in [0.25, 0.3) is 0 Å². The van der Waals surface area contributed by atoms with E-state index in [4.69, 9.17) is 17.0 Å². The minimum atomic E-state index is -0.165. The number of aryl methyl sites for hydroxylation is 1. The Hall–Kier alpha value is -2.93. The summed E-state index contributed by atoms with van der Waals surface area (Å²) in [4.78, 5) is 12.4. The Kier molecular flexibility index (Phi) is 4.95. The molecular formula is C18H18N4O2S. The van der Waals surface area contributed by atoms with E-state index in [9.17, 15) is 4.79 Å². The van der Waals surface area contributed by atoms with E-state index in [0.29, 0.717) is 10.6 Å². The lowest BCUT2D eigenvalue weighted by Crippen LogP contribution is -2.20. The topological polar surface area (TPSA) is 71.9 Å². The predicted molar refractivity (Wildman–Crippen MR) is 99.2 cm³/mol. The summed E-state index contributed by atoms with van der Waals surface area (Å²) >= 11 is 5.27. The molecule has 7 heteroatoms. The highest BCUT2D eigenvalue weighted by Crippen LogP contribution is 2.21. The average Bonchev–Trinajstić information content (AvgIpc) is 2.98. The molecule has 1 amide bonds. The molecule has 0 atom stereocenters. The van der Waals surface area contributed by atoms with E-state index in [-0.39, 0.29) is 12.5 Å². The van der Waals surface area contributed by atoms with Crippen molar-refractivity contribution < 1.29 is 9.53 Å². The molecular weight excluding hydrogens is 336 g/mol. The summed E-state index contributed by atoms with van der Waals surface area (Å²) in [6.07, 6.45) is 0. The van der Waals surface area contributed by atoms with E-state index in [0.717, 1.165) is 22.6 Å². The molecule has 6 nitrogen and oxygen atoms in total. The molecule has 0 saturated heterocycles. The Balaban J connectivity index is 1.83. The maximum atomic E-state index is 12.4. The van der Waals surface area contributed by atoms with Gasteiger partial charge in [-0.05, 0) is 55.0 Å². The molecule has 0 spiro atoms. The highest BCUT2D eigenvalue weighted by molar-refractivity contribution is 7.71. The Morgan fingerprint density at radius 3 is 2.64 bits per heavy atom. The lowest BCUT2D eigenvalue weighted by molar-refractivity contribution is -0.116. The minimum Gasteiger partial charge on any atom is -0.497 e. The van der Waals surface area contributed by atoms with Gasteiger partial charge in [0.05, 0.1) is 7.11 Å². The largest absolute Gasteiger partial charge is 0.497 e. The SMILES string of the molecule is COc1ccc(-c2n[nH]c(=S)n2CC(=O)Nc2ccccc2C)cc1. The van der Waals surface area contributed by atoms with Crippen LogP contribution < -0.4 is 10.1 Å². The van der Waals surface area contributed by atoms with Gasteiger partial charge in [-0.25, -0.2) is 0 Å². The number of methoxy groups -OCH3 is 1. The molecule has 1 aromatic heterocycles. The summed E-state index contributed by atoms with van der Waals surface area (Å²) in [6.45, 7) is 2.02. The van der Waals surface area contributed by atoms with Crippen LogP contribution in [0.4, 0.5) is 5.69 Å². The molecule has 0 bridgehead atoms. The van der Waals surface area contributed by atoms with Gasteiger partial charge < -0.3 is 10.1 Å². The fourth-order valence-corrected chi connectivity index (χ4v) is 2.67. The maximum absolute atomic E-state index is 12.4. The van der Waals surface area contributed by atoms with Gasteiger partial charge in [-0.2, -0.15) is 5.10 Å². The van der Waals surface area contributed by atoms with Crippen LogP contribution in [0.15, 0.2) is 48.5 Å². The van der Waals surface area contributed by atoms with Crippen molar-refractivity contribution in [1.29, 1.82) is 0 Å². The highest BCUT2D eigenvalue weighted by atomic mass is 32.1. The van der Waals surface area contributed by atoms with Crippen molar-refractivity contribution in [2.75, 3.05) is 12.4 Å². The monoisotopic (exact) mass is 354 g/mol. The summed E-state index contributed by atoms with van der Waals surface area (Å²) in [5.74, 6) is 1.19. The van der Waals surface area contributed by atoms with Crippen LogP contribution in [0.5, 0.6) is 5.75 Å². The molecule has 0 aliphatic carbocycles. The van der Waals surface area contributed by atoms with Gasteiger partial charge in [-0.1, -0.05) is 18.2 Å². The fourth-order valence-electron chi connectivity index (χ4n) is 2.47. The summed E-state index contributed by atoms with van der Waals surface area (Å²) < 4.78 is 7.23. The number of aromatic nitrogens is 3. The van der Waals surface area contributed by atoms with Crippen LogP contribution in [-0.2, 0) is 11.3 Å². The van der Waals surface area contributed by atoms with Gasteiger partial charge in [0.1, 0.15) is 12.3 Å². The summed E-state index contributed by atoms with van der Waals surface area (Å²) in [5, 5.41) is 9.90. The zero-order valence-corrected chi connectivity index (χ0v) is 14.8. The number of hydrogen-bond donors (Lipinski definition) is 2. The lowest BCUT2D eigenvalue weighted by Gasteiger charge is -2.10. The number of anilines is 1. The normalized spacial score (nSPS) is 10.5. The number of aromatic amines is 1. The van der Waals surface area contributed by atoms with Crippen molar-refractivity contribution in [2.24, 2.45) is 0 Å². The van der Waals surface area contributed by atoms with Crippen LogP contribution in [-0.4, -0.2) is 27.8 Å². The van der Waals surface area contributed by atoms with Gasteiger partial charge in [0, 0.05) is 11.3 Å². The number of H-pyrrole nitrogens is 1. The molecule has 128 valence electrons. The van der Waals surface area contributed by atoms with Crippen LogP contribution in [0.2, 0.25) is 0 Å². The standard InChI is InChI=1S/C18H18N4O2S/c1-12-5-3-4-6-15(12)19-16(23)11-22-17(20-21-18(22)25)13-7-9-14(24-2)10-8-13/h3-10H,11H2,1-2H3,(H,19,23)(H,21,25). The number of carbonyl (C=O) groups excluding carboxylic acids is 1. The number of hydrogen-bond acceptors (Lipinski definition) is 4. The predicted octanol–water partition coefficient (Wildman–Crippen LogP) is 3.56. The number of nitrogens with one attached hydrogen (secondary N) is 2. The molecule has 0 aliphatic rings. The fraction of sp³-hybridized carbons (Fsp3) is 0.167. The molecule has 0 fully saturated rings. The average molecular weight is 354 g/mol. The van der Waals surface area contributed by atoms with Crippen molar-refractivity contribution in [3.63, 3.8) is 0 Å². The highest BCUT2D eigenvalue weighted by Gasteiger charge is 2.13. The molecule has 3 aromatic rings. The second-order valence-corrected chi connectivity index (χ2v) is 5.92. The van der Waals surface area contributed by atoms with E-state index < -0.39 is 0 Å². The first kappa shape index (κ1) is 16.9. The van der Waals surface area contributed by atoms with Crippen LogP contribution in [0, 0.1) is 11.7 Å². The number of benzene rings is 2. The molecule has 0 aliphatic heterocycles. The van der Waals surface area contributed by atoms with Crippen molar-refractivity contribution >= 4 is 23.8 Å². The molecule has 2 aromatic carbocycles. The zero-order chi connectivity index (χ0) is 17.8. The Morgan fingerprint density at radius 1 is 1.24 bits per heavy atom. The van der Waals surface area contributed by atoms with E-state index in [1.807, 2.05) is 55.5 Å². The molecule has 0 radical (unpaired) electrons. The summed E-state index contributed by atoms with van der Waals surface area (Å²) in [7, 11) is 1.61. The Morgan fingerprint density at radius 2 is 1.96 bits per heavy atom. The van der Waals surface area contributed by atoms with Gasteiger partial charge in [0.15, 0.2) is 10.6 Å². The molecule has 2 N–H and O–H groups in total. The number of nitrogens with zero attached hydrogens (tertiary/aromatic N) is 2. The Labute approximate surface area is 150 Å². The first-order valence-corrected chi connectivity index (χ1v) is 8.14. The molecule has 0 unspecified atom stereocenters. The molecule has 3 rings (SSSR count). The first-order chi connectivity index (χ1) is 12.1. The van der Waals surface area contributed by atoms with Crippen LogP contribution >= 0.6 is 12.2 Å². The quantitative estimate of drug-likeness (QED) is 0.687. The third-order valence-corrected chi connectivity index (χ3v) is 4.14. The van der Waals surface area contributed by atoms with E-state index >= 15 is 0 Å². The second-order valence-electron chi connectivity index (χ2n) is 5.53. The van der Waals surface area contributed by atoms with Crippen LogP contribution in [0.25, 0.3) is 11.4 Å². The number of para-hydroxylation sites is 1. The second kappa shape index (κ2) is 7.31. The van der Waals surface area contributed by atoms with E-state index in [2.05, 4.69) is 15.5 Å². The number of carbonyl (C=O) groups is 1. The van der Waals surface area contributed by atoms with Crippen molar-refractivity contribution in [1.82, 2.24) is 14.8 Å². The number of amides is 1. The van der Waals surface area contributed by atoms with Gasteiger partial charge in [0.2, 0.25) is 5.91 Å². The van der Waals surface area contributed by atoms with Crippen LogP contribution in [0.1, 0.15) is 5.56 Å². The Bertz CT molecular complexity index is 944. The smallest absolute Gasteiger partial charge is 0.244 e. The van der Waals surface area contributed by atoms with Crippen molar-refractivity contribution in [3.05, 3.63) is 58.9 Å². The molecule has 0 saturated carbocycles. The maximum Gasteiger partial charge on any atom is 0.244 e.